The molecule has 1 aromatic heterocycles. The molecule has 18 heavy (non-hydrogen) atoms. The molecular formula is C15H27N3. The van der Waals surface area contributed by atoms with Gasteiger partial charge in [-0.15, -0.1) is 0 Å². The Morgan fingerprint density at radius 2 is 2.28 bits per heavy atom. The minimum atomic E-state index is 0.439. The Balaban J connectivity index is 2.13. The molecule has 0 aromatic carbocycles. The Bertz CT molecular complexity index is 381. The lowest BCUT2D eigenvalue weighted by atomic mass is 9.73. The average Bonchev–Trinajstić information content (AvgIpc) is 2.73. The van der Waals surface area contributed by atoms with Gasteiger partial charge in [0.15, 0.2) is 0 Å². The van der Waals surface area contributed by atoms with Crippen molar-refractivity contribution < 1.29 is 0 Å². The summed E-state index contributed by atoms with van der Waals surface area (Å²) in [4.78, 5) is 0. The van der Waals surface area contributed by atoms with Crippen molar-refractivity contribution in [2.45, 2.75) is 65.5 Å². The minimum absolute atomic E-state index is 0.439. The molecule has 102 valence electrons. The van der Waals surface area contributed by atoms with E-state index in [0.29, 0.717) is 17.5 Å². The van der Waals surface area contributed by atoms with Gasteiger partial charge in [-0.05, 0) is 50.6 Å². The molecule has 2 rings (SSSR count). The highest BCUT2D eigenvalue weighted by Crippen LogP contribution is 2.40. The fourth-order valence-electron chi connectivity index (χ4n) is 3.01. The molecule has 0 radical (unpaired) electrons. The lowest BCUT2D eigenvalue weighted by Gasteiger charge is -2.41. The van der Waals surface area contributed by atoms with Gasteiger partial charge in [0.2, 0.25) is 0 Å². The zero-order valence-electron chi connectivity index (χ0n) is 12.2. The van der Waals surface area contributed by atoms with Crippen molar-refractivity contribution in [1.82, 2.24) is 15.1 Å². The van der Waals surface area contributed by atoms with Gasteiger partial charge in [-0.1, -0.05) is 20.8 Å². The average molecular weight is 249 g/mol. The fourth-order valence-corrected chi connectivity index (χ4v) is 3.01. The van der Waals surface area contributed by atoms with Gasteiger partial charge in [-0.2, -0.15) is 5.10 Å². The number of hydrogen-bond acceptors (Lipinski definition) is 2. The zero-order valence-corrected chi connectivity index (χ0v) is 12.2. The summed E-state index contributed by atoms with van der Waals surface area (Å²) in [7, 11) is 0. The van der Waals surface area contributed by atoms with Crippen molar-refractivity contribution in [3.63, 3.8) is 0 Å². The standard InChI is InChI=1S/C15H27N3/c1-5-9-16-13-6-8-15(3,4)11-14(13)18-10-7-12(2)17-18/h7,10,13-14,16H,5-6,8-9,11H2,1-4H3. The quantitative estimate of drug-likeness (QED) is 0.887. The predicted molar refractivity (Wildman–Crippen MR) is 75.7 cm³/mol. The summed E-state index contributed by atoms with van der Waals surface area (Å²) >= 11 is 0. The van der Waals surface area contributed by atoms with Gasteiger partial charge in [0.25, 0.3) is 0 Å². The van der Waals surface area contributed by atoms with Crippen molar-refractivity contribution in [3.05, 3.63) is 18.0 Å². The number of rotatable bonds is 4. The van der Waals surface area contributed by atoms with Crippen LogP contribution in [0.3, 0.4) is 0 Å². The van der Waals surface area contributed by atoms with Crippen molar-refractivity contribution in [1.29, 1.82) is 0 Å². The Labute approximate surface area is 111 Å². The fraction of sp³-hybridized carbons (Fsp3) is 0.800. The van der Waals surface area contributed by atoms with Crippen molar-refractivity contribution >= 4 is 0 Å². The van der Waals surface area contributed by atoms with E-state index in [1.165, 1.54) is 25.7 Å². The third kappa shape index (κ3) is 3.14. The van der Waals surface area contributed by atoms with E-state index < -0.39 is 0 Å². The summed E-state index contributed by atoms with van der Waals surface area (Å²) in [5.41, 5.74) is 1.56. The van der Waals surface area contributed by atoms with Crippen LogP contribution in [0.2, 0.25) is 0 Å². The molecule has 0 aliphatic heterocycles. The Morgan fingerprint density at radius 1 is 1.50 bits per heavy atom. The first-order valence-electron chi connectivity index (χ1n) is 7.27. The molecular weight excluding hydrogens is 222 g/mol. The third-order valence-corrected chi connectivity index (χ3v) is 4.10. The van der Waals surface area contributed by atoms with E-state index in [2.05, 4.69) is 55.1 Å². The monoisotopic (exact) mass is 249 g/mol. The van der Waals surface area contributed by atoms with Crippen molar-refractivity contribution in [3.8, 4) is 0 Å². The van der Waals surface area contributed by atoms with E-state index in [-0.39, 0.29) is 0 Å². The highest BCUT2D eigenvalue weighted by Gasteiger charge is 2.35. The van der Waals surface area contributed by atoms with Crippen LogP contribution in [0, 0.1) is 12.3 Å². The molecule has 0 spiro atoms. The normalized spacial score (nSPS) is 27.3. The lowest BCUT2D eigenvalue weighted by Crippen LogP contribution is -2.44. The minimum Gasteiger partial charge on any atom is -0.312 e. The second-order valence-electron chi connectivity index (χ2n) is 6.47. The van der Waals surface area contributed by atoms with Gasteiger partial charge in [0.1, 0.15) is 0 Å². The first-order valence-corrected chi connectivity index (χ1v) is 7.27. The van der Waals surface area contributed by atoms with Crippen LogP contribution >= 0.6 is 0 Å². The van der Waals surface area contributed by atoms with E-state index in [1.54, 1.807) is 0 Å². The number of aromatic nitrogens is 2. The van der Waals surface area contributed by atoms with Crippen LogP contribution in [0.5, 0.6) is 0 Å². The van der Waals surface area contributed by atoms with Crippen molar-refractivity contribution in [2.24, 2.45) is 5.41 Å². The molecule has 1 N–H and O–H groups in total. The van der Waals surface area contributed by atoms with Gasteiger partial charge in [-0.25, -0.2) is 0 Å². The van der Waals surface area contributed by atoms with Crippen LogP contribution in [-0.4, -0.2) is 22.4 Å². The van der Waals surface area contributed by atoms with Crippen LogP contribution in [0.25, 0.3) is 0 Å². The number of nitrogens with zero attached hydrogens (tertiary/aromatic N) is 2. The van der Waals surface area contributed by atoms with E-state index in [9.17, 15) is 0 Å². The number of nitrogens with one attached hydrogen (secondary N) is 1. The maximum atomic E-state index is 4.63. The second-order valence-corrected chi connectivity index (χ2v) is 6.47. The molecule has 0 bridgehead atoms. The van der Waals surface area contributed by atoms with Crippen LogP contribution in [0.15, 0.2) is 12.3 Å². The lowest BCUT2D eigenvalue weighted by molar-refractivity contribution is 0.134. The molecule has 1 fully saturated rings. The molecule has 3 heteroatoms. The first-order chi connectivity index (χ1) is 8.52. The van der Waals surface area contributed by atoms with Gasteiger partial charge in [0.05, 0.1) is 11.7 Å². The molecule has 0 saturated heterocycles. The van der Waals surface area contributed by atoms with Crippen LogP contribution < -0.4 is 5.32 Å². The maximum Gasteiger partial charge on any atom is 0.0677 e. The Morgan fingerprint density at radius 3 is 2.89 bits per heavy atom. The largest absolute Gasteiger partial charge is 0.312 e. The molecule has 2 atom stereocenters. The molecule has 1 saturated carbocycles. The summed E-state index contributed by atoms with van der Waals surface area (Å²) in [6.07, 6.45) is 7.13. The highest BCUT2D eigenvalue weighted by atomic mass is 15.3. The summed E-state index contributed by atoms with van der Waals surface area (Å²) < 4.78 is 2.18. The van der Waals surface area contributed by atoms with E-state index in [1.807, 2.05) is 0 Å². The highest BCUT2D eigenvalue weighted by molar-refractivity contribution is 5.00. The molecule has 1 heterocycles. The zero-order chi connectivity index (χ0) is 13.2. The molecule has 2 unspecified atom stereocenters. The number of aryl methyl sites for hydroxylation is 1. The number of hydrogen-bond donors (Lipinski definition) is 1. The van der Waals surface area contributed by atoms with Crippen molar-refractivity contribution in [2.75, 3.05) is 6.54 Å². The van der Waals surface area contributed by atoms with Crippen LogP contribution in [0.1, 0.15) is 58.2 Å². The molecule has 3 nitrogen and oxygen atoms in total. The summed E-state index contributed by atoms with van der Waals surface area (Å²) in [6, 6.07) is 3.20. The second kappa shape index (κ2) is 5.43. The van der Waals surface area contributed by atoms with E-state index >= 15 is 0 Å². The smallest absolute Gasteiger partial charge is 0.0677 e. The maximum absolute atomic E-state index is 4.63. The molecule has 1 aromatic rings. The SMILES string of the molecule is CCCNC1CCC(C)(C)CC1n1ccc(C)n1. The van der Waals surface area contributed by atoms with Gasteiger partial charge < -0.3 is 5.32 Å². The Kier molecular flexibility index (Phi) is 4.10. The van der Waals surface area contributed by atoms with Crippen LogP contribution in [-0.2, 0) is 0 Å². The summed E-state index contributed by atoms with van der Waals surface area (Å²) in [6.45, 7) is 10.2. The topological polar surface area (TPSA) is 29.9 Å². The summed E-state index contributed by atoms with van der Waals surface area (Å²) in [5, 5.41) is 8.34. The van der Waals surface area contributed by atoms with Gasteiger partial charge >= 0.3 is 0 Å². The van der Waals surface area contributed by atoms with Crippen LogP contribution in [0.4, 0.5) is 0 Å². The molecule has 1 aliphatic rings. The Hall–Kier alpha value is -0.830. The van der Waals surface area contributed by atoms with E-state index in [4.69, 9.17) is 0 Å². The predicted octanol–water partition coefficient (Wildman–Crippen LogP) is 3.31. The van der Waals surface area contributed by atoms with Gasteiger partial charge in [-0.3, -0.25) is 4.68 Å². The molecule has 0 amide bonds. The molecule has 1 aliphatic carbocycles. The van der Waals surface area contributed by atoms with E-state index in [0.717, 1.165) is 12.2 Å². The third-order valence-electron chi connectivity index (χ3n) is 4.10. The first kappa shape index (κ1) is 13.6. The van der Waals surface area contributed by atoms with Gasteiger partial charge in [0, 0.05) is 12.2 Å². The summed E-state index contributed by atoms with van der Waals surface area (Å²) in [5.74, 6) is 0.